The van der Waals surface area contributed by atoms with Crippen LogP contribution in [0.3, 0.4) is 0 Å². The minimum absolute atomic E-state index is 0.305. The Hall–Kier alpha value is -3.98. The summed E-state index contributed by atoms with van der Waals surface area (Å²) in [5, 5.41) is 16.7. The highest BCUT2D eigenvalue weighted by Gasteiger charge is 2.12. The molecule has 31 heavy (non-hydrogen) atoms. The highest BCUT2D eigenvalue weighted by atomic mass is 32.1. The van der Waals surface area contributed by atoms with E-state index in [2.05, 4.69) is 30.8 Å². The quantitative estimate of drug-likeness (QED) is 0.359. The third-order valence-electron chi connectivity index (χ3n) is 4.45. The van der Waals surface area contributed by atoms with Crippen LogP contribution >= 0.6 is 11.3 Å². The van der Waals surface area contributed by atoms with Crippen LogP contribution in [0.2, 0.25) is 0 Å². The summed E-state index contributed by atoms with van der Waals surface area (Å²) in [7, 11) is 0. The fourth-order valence-corrected chi connectivity index (χ4v) is 3.72. The molecule has 2 N–H and O–H groups in total. The van der Waals surface area contributed by atoms with Gasteiger partial charge in [0.1, 0.15) is 22.5 Å². The van der Waals surface area contributed by atoms with E-state index in [4.69, 9.17) is 0 Å². The summed E-state index contributed by atoms with van der Waals surface area (Å²) in [6, 6.07) is 19.6. The number of benzene rings is 3. The maximum absolute atomic E-state index is 13.2. The number of aromatic nitrogens is 4. The van der Waals surface area contributed by atoms with Gasteiger partial charge in [0.15, 0.2) is 0 Å². The lowest BCUT2D eigenvalue weighted by atomic mass is 10.2. The Morgan fingerprint density at radius 1 is 0.710 bits per heavy atom. The predicted molar refractivity (Wildman–Crippen MR) is 118 cm³/mol. The Balaban J connectivity index is 1.47. The highest BCUT2D eigenvalue weighted by Crippen LogP contribution is 2.31. The second-order valence-electron chi connectivity index (χ2n) is 6.59. The number of para-hydroxylation sites is 1. The lowest BCUT2D eigenvalue weighted by Gasteiger charge is -2.10. The zero-order valence-corrected chi connectivity index (χ0v) is 16.7. The average molecular weight is 432 g/mol. The van der Waals surface area contributed by atoms with Crippen LogP contribution in [0.4, 0.5) is 31.4 Å². The summed E-state index contributed by atoms with van der Waals surface area (Å²) in [6.45, 7) is 0. The molecular weight excluding hydrogens is 418 g/mol. The third-order valence-corrected chi connectivity index (χ3v) is 5.33. The maximum atomic E-state index is 13.2. The molecule has 0 aliphatic rings. The smallest absolute Gasteiger partial charge is 0.229 e. The van der Waals surface area contributed by atoms with Gasteiger partial charge in [0.05, 0.1) is 5.52 Å². The molecule has 0 bridgehead atoms. The molecule has 0 radical (unpaired) electrons. The molecule has 152 valence electrons. The lowest BCUT2D eigenvalue weighted by Crippen LogP contribution is -2.02. The number of fused-ring (bicyclic) bond motifs is 1. The molecule has 0 aliphatic heterocycles. The largest absolute Gasteiger partial charge is 0.324 e. The molecule has 0 saturated heterocycles. The molecule has 0 fully saturated rings. The van der Waals surface area contributed by atoms with Crippen molar-refractivity contribution >= 4 is 44.8 Å². The maximum Gasteiger partial charge on any atom is 0.229 e. The highest BCUT2D eigenvalue weighted by molar-refractivity contribution is 7.18. The molecule has 0 unspecified atom stereocenters. The van der Waals surface area contributed by atoms with Crippen molar-refractivity contribution in [3.8, 4) is 10.6 Å². The van der Waals surface area contributed by atoms with E-state index < -0.39 is 0 Å². The van der Waals surface area contributed by atoms with Crippen molar-refractivity contribution in [2.24, 2.45) is 0 Å². The van der Waals surface area contributed by atoms with Gasteiger partial charge < -0.3 is 10.6 Å². The van der Waals surface area contributed by atoms with Crippen LogP contribution in [0.1, 0.15) is 0 Å². The fourth-order valence-electron chi connectivity index (χ4n) is 2.97. The molecule has 0 atom stereocenters. The number of rotatable bonds is 5. The number of hydrogen-bond donors (Lipinski definition) is 2. The molecule has 0 amide bonds. The Morgan fingerprint density at radius 3 is 2.19 bits per heavy atom. The number of anilines is 4. The summed E-state index contributed by atoms with van der Waals surface area (Å²) in [4.78, 5) is 9.10. The van der Waals surface area contributed by atoms with E-state index >= 15 is 0 Å². The van der Waals surface area contributed by atoms with Crippen LogP contribution < -0.4 is 10.6 Å². The Morgan fingerprint density at radius 2 is 1.42 bits per heavy atom. The van der Waals surface area contributed by atoms with Gasteiger partial charge >= 0.3 is 0 Å². The molecule has 3 aromatic carbocycles. The van der Waals surface area contributed by atoms with Crippen LogP contribution in [0.5, 0.6) is 0 Å². The second-order valence-corrected chi connectivity index (χ2v) is 7.57. The van der Waals surface area contributed by atoms with Crippen LogP contribution in [0, 0.1) is 11.6 Å². The molecular formula is C22H14F2N6S. The first kappa shape index (κ1) is 19.0. The van der Waals surface area contributed by atoms with Gasteiger partial charge in [0, 0.05) is 16.6 Å². The number of nitrogens with zero attached hydrogens (tertiary/aromatic N) is 4. The van der Waals surface area contributed by atoms with E-state index in [-0.39, 0.29) is 11.6 Å². The van der Waals surface area contributed by atoms with E-state index in [1.54, 1.807) is 24.3 Å². The van der Waals surface area contributed by atoms with Crippen molar-refractivity contribution in [3.63, 3.8) is 0 Å². The van der Waals surface area contributed by atoms with Crippen LogP contribution in [-0.2, 0) is 0 Å². The van der Waals surface area contributed by atoms with Gasteiger partial charge in [-0.1, -0.05) is 23.5 Å². The van der Waals surface area contributed by atoms with Crippen molar-refractivity contribution in [1.29, 1.82) is 0 Å². The van der Waals surface area contributed by atoms with E-state index in [9.17, 15) is 8.78 Å². The minimum atomic E-state index is -0.319. The van der Waals surface area contributed by atoms with E-state index in [1.165, 1.54) is 35.6 Å². The van der Waals surface area contributed by atoms with Crippen molar-refractivity contribution in [2.45, 2.75) is 0 Å². The zero-order valence-electron chi connectivity index (χ0n) is 15.9. The molecule has 2 aromatic heterocycles. The molecule has 5 aromatic rings. The van der Waals surface area contributed by atoms with Crippen molar-refractivity contribution < 1.29 is 8.78 Å². The molecule has 6 nitrogen and oxygen atoms in total. The van der Waals surface area contributed by atoms with Gasteiger partial charge in [0.25, 0.3) is 0 Å². The lowest BCUT2D eigenvalue weighted by molar-refractivity contribution is 0.627. The Kier molecular flexibility index (Phi) is 4.93. The first-order valence-corrected chi connectivity index (χ1v) is 10.1. The number of halogens is 2. The van der Waals surface area contributed by atoms with Crippen LogP contribution in [0.15, 0.2) is 72.8 Å². The molecule has 0 saturated carbocycles. The van der Waals surface area contributed by atoms with Crippen molar-refractivity contribution in [1.82, 2.24) is 20.2 Å². The molecule has 9 heteroatoms. The second kappa shape index (κ2) is 8.04. The zero-order chi connectivity index (χ0) is 21.2. The molecule has 2 heterocycles. The first-order valence-electron chi connectivity index (χ1n) is 9.30. The topological polar surface area (TPSA) is 75.6 Å². The van der Waals surface area contributed by atoms with E-state index in [0.29, 0.717) is 27.6 Å². The normalized spacial score (nSPS) is 10.9. The summed E-state index contributed by atoms with van der Waals surface area (Å²) in [6.07, 6.45) is 0. The van der Waals surface area contributed by atoms with Crippen molar-refractivity contribution in [3.05, 3.63) is 84.4 Å². The third kappa shape index (κ3) is 4.17. The minimum Gasteiger partial charge on any atom is -0.324 e. The Labute approximate surface area is 179 Å². The SMILES string of the molecule is Fc1ccc(Nc2nc(Nc3nnc(-c4ccc(F)cc4)s3)c3ccccc3n2)cc1. The predicted octanol–water partition coefficient (Wildman–Crippen LogP) is 5.91. The molecule has 5 rings (SSSR count). The van der Waals surface area contributed by atoms with Gasteiger partial charge in [-0.2, -0.15) is 4.98 Å². The van der Waals surface area contributed by atoms with Crippen LogP contribution in [-0.4, -0.2) is 20.2 Å². The fraction of sp³-hybridized carbons (Fsp3) is 0. The number of hydrogen-bond acceptors (Lipinski definition) is 7. The molecule has 0 aliphatic carbocycles. The summed E-state index contributed by atoms with van der Waals surface area (Å²) < 4.78 is 26.4. The van der Waals surface area contributed by atoms with Gasteiger partial charge in [-0.25, -0.2) is 13.8 Å². The van der Waals surface area contributed by atoms with E-state index in [1.807, 2.05) is 24.3 Å². The Bertz CT molecular complexity index is 1350. The number of nitrogens with one attached hydrogen (secondary N) is 2. The van der Waals surface area contributed by atoms with Gasteiger partial charge in [-0.3, -0.25) is 0 Å². The standard InChI is InChI=1S/C22H14F2N6S/c23-14-7-5-13(6-8-14)20-29-30-22(31-20)28-19-17-3-1-2-4-18(17)26-21(27-19)25-16-11-9-15(24)10-12-16/h1-12H,(H2,25,26,27,28,30). The van der Waals surface area contributed by atoms with Crippen LogP contribution in [0.25, 0.3) is 21.5 Å². The van der Waals surface area contributed by atoms with E-state index in [0.717, 1.165) is 16.5 Å². The summed E-state index contributed by atoms with van der Waals surface area (Å²) in [5.41, 5.74) is 2.17. The van der Waals surface area contributed by atoms with Gasteiger partial charge in [-0.05, 0) is 60.7 Å². The first-order chi connectivity index (χ1) is 15.1. The summed E-state index contributed by atoms with van der Waals surface area (Å²) in [5.74, 6) is 0.286. The van der Waals surface area contributed by atoms with Gasteiger partial charge in [-0.15, -0.1) is 10.2 Å². The molecule has 0 spiro atoms. The van der Waals surface area contributed by atoms with Crippen molar-refractivity contribution in [2.75, 3.05) is 10.6 Å². The summed E-state index contributed by atoms with van der Waals surface area (Å²) >= 11 is 1.33. The monoisotopic (exact) mass is 432 g/mol. The van der Waals surface area contributed by atoms with Gasteiger partial charge in [0.2, 0.25) is 11.1 Å². The average Bonchev–Trinajstić information content (AvgIpc) is 3.24.